The minimum Gasteiger partial charge on any atom is -0.306 e. The Balaban J connectivity index is 1.98. The quantitative estimate of drug-likeness (QED) is 0.884. The van der Waals surface area contributed by atoms with E-state index in [0.717, 1.165) is 38.9 Å². The monoisotopic (exact) mass is 243 g/mol. The van der Waals surface area contributed by atoms with Gasteiger partial charge < -0.3 is 4.90 Å². The predicted molar refractivity (Wildman–Crippen MR) is 73.0 cm³/mol. The molecule has 0 spiro atoms. The maximum Gasteiger partial charge on any atom is 0.108 e. The summed E-state index contributed by atoms with van der Waals surface area (Å²) < 4.78 is 0. The highest BCUT2D eigenvalue weighted by Crippen LogP contribution is 2.21. The fraction of sp³-hybridized carbons (Fsp3) is 0.533. The lowest BCUT2D eigenvalue weighted by Crippen LogP contribution is -2.44. The lowest BCUT2D eigenvalue weighted by molar-refractivity contribution is 0.325. The maximum absolute atomic E-state index is 9.50. The highest BCUT2D eigenvalue weighted by atomic mass is 15.1. The zero-order valence-corrected chi connectivity index (χ0v) is 11.0. The van der Waals surface area contributed by atoms with Crippen molar-refractivity contribution >= 4 is 0 Å². The van der Waals surface area contributed by atoms with Crippen LogP contribution in [-0.2, 0) is 6.54 Å². The van der Waals surface area contributed by atoms with Crippen LogP contribution in [0.25, 0.3) is 0 Å². The van der Waals surface area contributed by atoms with E-state index in [1.54, 1.807) is 0 Å². The van der Waals surface area contributed by atoms with Gasteiger partial charge in [0.1, 0.15) is 5.54 Å². The molecule has 0 aromatic heterocycles. The number of hydrogen-bond acceptors (Lipinski definition) is 3. The molecule has 1 aromatic carbocycles. The van der Waals surface area contributed by atoms with Crippen LogP contribution in [0.15, 0.2) is 30.3 Å². The van der Waals surface area contributed by atoms with Crippen LogP contribution >= 0.6 is 0 Å². The Morgan fingerprint density at radius 2 is 2.06 bits per heavy atom. The number of nitrogens with one attached hydrogen (secondary N) is 1. The molecular formula is C15H21N3. The first-order chi connectivity index (χ1) is 8.74. The Kier molecular flexibility index (Phi) is 4.35. The van der Waals surface area contributed by atoms with E-state index in [1.165, 1.54) is 5.56 Å². The molecule has 0 aliphatic carbocycles. The van der Waals surface area contributed by atoms with Crippen molar-refractivity contribution in [3.05, 3.63) is 35.9 Å². The molecule has 0 saturated carbocycles. The molecular weight excluding hydrogens is 222 g/mol. The number of likely N-dealkylation sites (tertiary alicyclic amines) is 1. The fourth-order valence-corrected chi connectivity index (χ4v) is 2.46. The fourth-order valence-electron chi connectivity index (χ4n) is 2.46. The Labute approximate surface area is 109 Å². The molecule has 3 heteroatoms. The van der Waals surface area contributed by atoms with Crippen molar-refractivity contribution in [2.45, 2.75) is 31.3 Å². The molecule has 1 fully saturated rings. The van der Waals surface area contributed by atoms with E-state index in [9.17, 15) is 5.26 Å². The summed E-state index contributed by atoms with van der Waals surface area (Å²) in [6, 6.07) is 12.8. The van der Waals surface area contributed by atoms with E-state index in [2.05, 4.69) is 35.5 Å². The number of nitrogens with zero attached hydrogens (tertiary/aromatic N) is 2. The summed E-state index contributed by atoms with van der Waals surface area (Å²) in [4.78, 5) is 2.31. The van der Waals surface area contributed by atoms with E-state index < -0.39 is 0 Å². The average molecular weight is 243 g/mol. The topological polar surface area (TPSA) is 39.1 Å². The Bertz CT molecular complexity index is 409. The van der Waals surface area contributed by atoms with Crippen molar-refractivity contribution in [1.29, 1.82) is 5.26 Å². The molecule has 3 nitrogen and oxygen atoms in total. The van der Waals surface area contributed by atoms with Crippen LogP contribution in [0.2, 0.25) is 0 Å². The molecule has 2 rings (SSSR count). The van der Waals surface area contributed by atoms with Gasteiger partial charge >= 0.3 is 0 Å². The van der Waals surface area contributed by atoms with E-state index in [1.807, 2.05) is 18.2 Å². The molecule has 0 bridgehead atoms. The van der Waals surface area contributed by atoms with Gasteiger partial charge in [0.15, 0.2) is 0 Å². The second kappa shape index (κ2) is 5.99. The summed E-state index contributed by atoms with van der Waals surface area (Å²) in [6.07, 6.45) is 2.94. The molecule has 1 aliphatic rings. The molecule has 1 unspecified atom stereocenters. The van der Waals surface area contributed by atoms with Crippen LogP contribution in [-0.4, -0.2) is 30.6 Å². The minimum atomic E-state index is -0.347. The van der Waals surface area contributed by atoms with Crippen LogP contribution < -0.4 is 5.32 Å². The van der Waals surface area contributed by atoms with Crippen LogP contribution in [0.4, 0.5) is 0 Å². The Hall–Kier alpha value is -1.37. The van der Waals surface area contributed by atoms with Gasteiger partial charge in [0.05, 0.1) is 6.07 Å². The summed E-state index contributed by atoms with van der Waals surface area (Å²) in [5, 5.41) is 13.0. The van der Waals surface area contributed by atoms with Gasteiger partial charge in [-0.25, -0.2) is 0 Å². The maximum atomic E-state index is 9.50. The highest BCUT2D eigenvalue weighted by molar-refractivity contribution is 5.16. The van der Waals surface area contributed by atoms with Gasteiger partial charge in [0.25, 0.3) is 0 Å². The van der Waals surface area contributed by atoms with Crippen molar-refractivity contribution in [3.8, 4) is 6.07 Å². The van der Waals surface area contributed by atoms with Crippen LogP contribution in [0.3, 0.4) is 0 Å². The molecule has 1 atom stereocenters. The van der Waals surface area contributed by atoms with Gasteiger partial charge in [-0.1, -0.05) is 30.3 Å². The van der Waals surface area contributed by atoms with Crippen LogP contribution in [0.5, 0.6) is 0 Å². The lowest BCUT2D eigenvalue weighted by Gasteiger charge is -2.26. The second-order valence-electron chi connectivity index (χ2n) is 5.19. The minimum absolute atomic E-state index is 0.347. The second-order valence-corrected chi connectivity index (χ2v) is 5.19. The third kappa shape index (κ3) is 3.32. The van der Waals surface area contributed by atoms with E-state index in [4.69, 9.17) is 0 Å². The Morgan fingerprint density at radius 3 is 2.78 bits per heavy atom. The van der Waals surface area contributed by atoms with Crippen molar-refractivity contribution in [2.24, 2.45) is 0 Å². The smallest absolute Gasteiger partial charge is 0.108 e. The molecule has 1 aliphatic heterocycles. The van der Waals surface area contributed by atoms with Crippen molar-refractivity contribution < 1.29 is 0 Å². The highest BCUT2D eigenvalue weighted by Gasteiger charge is 2.31. The summed E-state index contributed by atoms with van der Waals surface area (Å²) in [5.41, 5.74) is 0.894. The van der Waals surface area contributed by atoms with Gasteiger partial charge in [-0.05, 0) is 38.4 Å². The first kappa shape index (κ1) is 13.1. The average Bonchev–Trinajstić information content (AvgIpc) is 2.61. The van der Waals surface area contributed by atoms with Crippen molar-refractivity contribution in [2.75, 3.05) is 20.1 Å². The third-order valence-electron chi connectivity index (χ3n) is 3.75. The molecule has 1 N–H and O–H groups in total. The van der Waals surface area contributed by atoms with Crippen LogP contribution in [0, 0.1) is 11.3 Å². The molecule has 0 radical (unpaired) electrons. The first-order valence-corrected chi connectivity index (χ1v) is 6.63. The summed E-state index contributed by atoms with van der Waals surface area (Å²) >= 11 is 0. The van der Waals surface area contributed by atoms with E-state index in [0.29, 0.717) is 0 Å². The van der Waals surface area contributed by atoms with Crippen LogP contribution in [0.1, 0.15) is 24.8 Å². The molecule has 1 saturated heterocycles. The van der Waals surface area contributed by atoms with Crippen molar-refractivity contribution in [1.82, 2.24) is 10.2 Å². The van der Waals surface area contributed by atoms with Gasteiger partial charge in [0.2, 0.25) is 0 Å². The van der Waals surface area contributed by atoms with Gasteiger partial charge in [-0.15, -0.1) is 0 Å². The number of nitriles is 1. The number of rotatable bonds is 3. The molecule has 1 heterocycles. The largest absolute Gasteiger partial charge is 0.306 e. The molecule has 1 aromatic rings. The van der Waals surface area contributed by atoms with Gasteiger partial charge in [-0.3, -0.25) is 5.32 Å². The standard InChI is InChI=1S/C15H21N3/c1-18-10-5-8-15(13-16,9-11-18)17-12-14-6-3-2-4-7-14/h2-4,6-7,17H,5,8-12H2,1H3. The zero-order chi connectivity index (χ0) is 12.8. The SMILES string of the molecule is CN1CCCC(C#N)(NCc2ccccc2)CC1. The normalized spacial score (nSPS) is 25.3. The zero-order valence-electron chi connectivity index (χ0n) is 11.0. The number of hydrogen-bond donors (Lipinski definition) is 1. The molecule has 18 heavy (non-hydrogen) atoms. The summed E-state index contributed by atoms with van der Waals surface area (Å²) in [6.45, 7) is 2.86. The lowest BCUT2D eigenvalue weighted by atomic mass is 9.92. The predicted octanol–water partition coefficient (Wildman–Crippen LogP) is 2.15. The van der Waals surface area contributed by atoms with E-state index >= 15 is 0 Å². The summed E-state index contributed by atoms with van der Waals surface area (Å²) in [5.74, 6) is 0. The Morgan fingerprint density at radius 1 is 1.28 bits per heavy atom. The van der Waals surface area contributed by atoms with Crippen molar-refractivity contribution in [3.63, 3.8) is 0 Å². The first-order valence-electron chi connectivity index (χ1n) is 6.63. The van der Waals surface area contributed by atoms with E-state index in [-0.39, 0.29) is 5.54 Å². The number of benzene rings is 1. The van der Waals surface area contributed by atoms with Gasteiger partial charge in [-0.2, -0.15) is 5.26 Å². The molecule has 0 amide bonds. The van der Waals surface area contributed by atoms with Gasteiger partial charge in [0, 0.05) is 13.1 Å². The summed E-state index contributed by atoms with van der Waals surface area (Å²) in [7, 11) is 2.13. The molecule has 96 valence electrons. The third-order valence-corrected chi connectivity index (χ3v) is 3.75.